The van der Waals surface area contributed by atoms with Crippen molar-refractivity contribution >= 4 is 17.3 Å². The first-order valence-electron chi connectivity index (χ1n) is 6.00. The van der Waals surface area contributed by atoms with Crippen LogP contribution in [0.4, 0.5) is 5.69 Å². The van der Waals surface area contributed by atoms with Crippen molar-refractivity contribution in [1.29, 1.82) is 0 Å². The molecule has 0 radical (unpaired) electrons. The number of alkyl halides is 1. The molecular formula is C12H15ClN2O3. The van der Waals surface area contributed by atoms with Crippen molar-refractivity contribution in [2.24, 2.45) is 0 Å². The molecule has 1 unspecified atom stereocenters. The van der Waals surface area contributed by atoms with Gasteiger partial charge in [0.05, 0.1) is 5.69 Å². The first-order chi connectivity index (χ1) is 8.77. The Morgan fingerprint density at radius 2 is 2.06 bits per heavy atom. The molecule has 98 valence electrons. The Balaban J connectivity index is 2.01. The summed E-state index contributed by atoms with van der Waals surface area (Å²) >= 11 is 6.30. The third kappa shape index (κ3) is 1.93. The van der Waals surface area contributed by atoms with Crippen LogP contribution >= 0.6 is 11.6 Å². The number of aromatic hydroxyl groups is 1. The second kappa shape index (κ2) is 4.74. The number of halogens is 1. The third-order valence-corrected chi connectivity index (χ3v) is 3.53. The molecule has 2 N–H and O–H groups in total. The predicted octanol–water partition coefficient (Wildman–Crippen LogP) is 1.14. The molecule has 0 aromatic heterocycles. The Kier molecular flexibility index (Phi) is 3.09. The number of rotatable bonds is 1. The smallest absolute Gasteiger partial charge is 0.205 e. The molecule has 1 fully saturated rings. The van der Waals surface area contributed by atoms with E-state index in [0.29, 0.717) is 24.7 Å². The topological polar surface area (TPSA) is 54.0 Å². The van der Waals surface area contributed by atoms with Gasteiger partial charge in [0, 0.05) is 19.6 Å². The lowest BCUT2D eigenvalue weighted by Crippen LogP contribution is -2.48. The summed E-state index contributed by atoms with van der Waals surface area (Å²) < 4.78 is 11.1. The van der Waals surface area contributed by atoms with E-state index in [9.17, 15) is 5.11 Å². The minimum atomic E-state index is -0.127. The van der Waals surface area contributed by atoms with Gasteiger partial charge in [-0.1, -0.05) is 11.6 Å². The van der Waals surface area contributed by atoms with Gasteiger partial charge in [-0.25, -0.2) is 0 Å². The predicted molar refractivity (Wildman–Crippen MR) is 69.0 cm³/mol. The third-order valence-electron chi connectivity index (χ3n) is 3.14. The number of phenolic OH excluding ortho intramolecular Hbond substituents is 1. The van der Waals surface area contributed by atoms with Crippen molar-refractivity contribution in [1.82, 2.24) is 5.32 Å². The SMILES string of the molecule is Oc1ccc(N2CCNCC2Cl)c2c1OCCO2. The fourth-order valence-electron chi connectivity index (χ4n) is 2.28. The van der Waals surface area contributed by atoms with Crippen LogP contribution in [0.1, 0.15) is 0 Å². The summed E-state index contributed by atoms with van der Waals surface area (Å²) in [6, 6.07) is 3.44. The highest BCUT2D eigenvalue weighted by molar-refractivity contribution is 6.22. The van der Waals surface area contributed by atoms with E-state index in [1.54, 1.807) is 6.07 Å². The van der Waals surface area contributed by atoms with Gasteiger partial charge in [0.15, 0.2) is 11.5 Å². The molecule has 1 saturated heterocycles. The van der Waals surface area contributed by atoms with Crippen LogP contribution in [0.5, 0.6) is 17.2 Å². The van der Waals surface area contributed by atoms with Crippen LogP contribution in [0.3, 0.4) is 0 Å². The van der Waals surface area contributed by atoms with Gasteiger partial charge >= 0.3 is 0 Å². The lowest BCUT2D eigenvalue weighted by Gasteiger charge is -2.36. The first kappa shape index (κ1) is 11.7. The van der Waals surface area contributed by atoms with Crippen molar-refractivity contribution in [3.05, 3.63) is 12.1 Å². The second-order valence-corrected chi connectivity index (χ2v) is 4.79. The van der Waals surface area contributed by atoms with Crippen LogP contribution in [-0.2, 0) is 0 Å². The number of piperazine rings is 1. The summed E-state index contributed by atoms with van der Waals surface area (Å²) in [4.78, 5) is 2.06. The van der Waals surface area contributed by atoms with Crippen LogP contribution < -0.4 is 19.7 Å². The monoisotopic (exact) mass is 270 g/mol. The molecule has 0 aliphatic carbocycles. The molecule has 0 spiro atoms. The zero-order valence-electron chi connectivity index (χ0n) is 9.86. The Bertz CT molecular complexity index is 455. The van der Waals surface area contributed by atoms with Gasteiger partial charge in [-0.15, -0.1) is 0 Å². The minimum Gasteiger partial charge on any atom is -0.504 e. The van der Waals surface area contributed by atoms with Crippen molar-refractivity contribution in [3.8, 4) is 17.2 Å². The van der Waals surface area contributed by atoms with Crippen molar-refractivity contribution < 1.29 is 14.6 Å². The Morgan fingerprint density at radius 3 is 2.83 bits per heavy atom. The van der Waals surface area contributed by atoms with Gasteiger partial charge in [-0.05, 0) is 12.1 Å². The Hall–Kier alpha value is -1.33. The summed E-state index contributed by atoms with van der Waals surface area (Å²) in [6.07, 6.45) is 0. The number of phenols is 1. The highest BCUT2D eigenvalue weighted by atomic mass is 35.5. The van der Waals surface area contributed by atoms with Gasteiger partial charge in [0.2, 0.25) is 5.75 Å². The lowest BCUT2D eigenvalue weighted by molar-refractivity contribution is 0.166. The van der Waals surface area contributed by atoms with E-state index in [1.165, 1.54) is 0 Å². The van der Waals surface area contributed by atoms with Crippen molar-refractivity contribution in [2.45, 2.75) is 5.50 Å². The molecular weight excluding hydrogens is 256 g/mol. The standard InChI is InChI=1S/C12H15ClN2O3/c13-10-7-14-3-4-15(10)8-1-2-9(16)12-11(8)17-5-6-18-12/h1-2,10,14,16H,3-7H2. The maximum atomic E-state index is 9.78. The highest BCUT2D eigenvalue weighted by Gasteiger charge is 2.27. The molecule has 18 heavy (non-hydrogen) atoms. The van der Waals surface area contributed by atoms with Crippen LogP contribution in [-0.4, -0.2) is 43.5 Å². The fourth-order valence-corrected chi connectivity index (χ4v) is 2.59. The summed E-state index contributed by atoms with van der Waals surface area (Å²) in [7, 11) is 0. The average Bonchev–Trinajstić information content (AvgIpc) is 2.41. The normalized spacial score (nSPS) is 22.9. The number of anilines is 1. The van der Waals surface area contributed by atoms with Gasteiger partial charge in [0.25, 0.3) is 0 Å². The molecule has 5 nitrogen and oxygen atoms in total. The second-order valence-electron chi connectivity index (χ2n) is 4.29. The van der Waals surface area contributed by atoms with Gasteiger partial charge < -0.3 is 24.8 Å². The number of nitrogens with one attached hydrogen (secondary N) is 1. The minimum absolute atomic E-state index is 0.106. The highest BCUT2D eigenvalue weighted by Crippen LogP contribution is 2.46. The maximum absolute atomic E-state index is 9.78. The molecule has 0 bridgehead atoms. The van der Waals surface area contributed by atoms with E-state index >= 15 is 0 Å². The molecule has 2 aliphatic rings. The van der Waals surface area contributed by atoms with Gasteiger partial charge in [-0.2, -0.15) is 0 Å². The van der Waals surface area contributed by atoms with Crippen LogP contribution in [0.25, 0.3) is 0 Å². The summed E-state index contributed by atoms with van der Waals surface area (Å²) in [6.45, 7) is 3.34. The van der Waals surface area contributed by atoms with Gasteiger partial charge in [0.1, 0.15) is 18.7 Å². The Labute approximate surface area is 110 Å². The quantitative estimate of drug-likeness (QED) is 0.592. The van der Waals surface area contributed by atoms with E-state index in [-0.39, 0.29) is 11.3 Å². The fraction of sp³-hybridized carbons (Fsp3) is 0.500. The number of nitrogens with zero attached hydrogens (tertiary/aromatic N) is 1. The van der Waals surface area contributed by atoms with E-state index in [1.807, 2.05) is 6.07 Å². The molecule has 1 aromatic carbocycles. The zero-order chi connectivity index (χ0) is 12.5. The Morgan fingerprint density at radius 1 is 1.28 bits per heavy atom. The van der Waals surface area contributed by atoms with Gasteiger partial charge in [-0.3, -0.25) is 0 Å². The van der Waals surface area contributed by atoms with E-state index in [2.05, 4.69) is 10.2 Å². The summed E-state index contributed by atoms with van der Waals surface area (Å²) in [5, 5.41) is 13.0. The summed E-state index contributed by atoms with van der Waals surface area (Å²) in [5.74, 6) is 1.12. The summed E-state index contributed by atoms with van der Waals surface area (Å²) in [5.41, 5.74) is 0.752. The molecule has 0 saturated carbocycles. The molecule has 6 heteroatoms. The van der Waals surface area contributed by atoms with E-state index in [4.69, 9.17) is 21.1 Å². The zero-order valence-corrected chi connectivity index (χ0v) is 10.6. The van der Waals surface area contributed by atoms with Crippen molar-refractivity contribution in [2.75, 3.05) is 37.7 Å². The number of benzene rings is 1. The first-order valence-corrected chi connectivity index (χ1v) is 6.44. The number of hydrogen-bond acceptors (Lipinski definition) is 5. The number of ether oxygens (including phenoxy) is 2. The molecule has 3 rings (SSSR count). The van der Waals surface area contributed by atoms with Crippen LogP contribution in [0.2, 0.25) is 0 Å². The van der Waals surface area contributed by atoms with E-state index < -0.39 is 0 Å². The number of fused-ring (bicyclic) bond motifs is 1. The molecule has 0 amide bonds. The van der Waals surface area contributed by atoms with E-state index in [0.717, 1.165) is 25.3 Å². The van der Waals surface area contributed by atoms with Crippen LogP contribution in [0, 0.1) is 0 Å². The molecule has 1 aromatic rings. The largest absolute Gasteiger partial charge is 0.504 e. The number of hydrogen-bond donors (Lipinski definition) is 2. The van der Waals surface area contributed by atoms with Crippen LogP contribution in [0.15, 0.2) is 12.1 Å². The average molecular weight is 271 g/mol. The van der Waals surface area contributed by atoms with Crippen molar-refractivity contribution in [3.63, 3.8) is 0 Å². The molecule has 1 atom stereocenters. The lowest BCUT2D eigenvalue weighted by atomic mass is 10.2. The maximum Gasteiger partial charge on any atom is 0.205 e. The molecule has 2 heterocycles. The molecule has 2 aliphatic heterocycles.